The van der Waals surface area contributed by atoms with E-state index in [1.54, 1.807) is 6.92 Å². The number of Topliss-reactive ketones (excluding diaryl/α,β-unsaturated/α-hetero) is 1. The summed E-state index contributed by atoms with van der Waals surface area (Å²) in [4.78, 5) is 29.7. The first-order valence-electron chi connectivity index (χ1n) is 9.82. The van der Waals surface area contributed by atoms with Gasteiger partial charge in [-0.3, -0.25) is 9.59 Å². The quantitative estimate of drug-likeness (QED) is 0.397. The molecule has 3 atom stereocenters. The average molecular weight is 516 g/mol. The molecule has 2 N–H and O–H groups in total. The van der Waals surface area contributed by atoms with Crippen LogP contribution in [0.2, 0.25) is 0 Å². The normalized spacial score (nSPS) is 20.2. The second-order valence-corrected chi connectivity index (χ2v) is 9.25. The number of thiazole rings is 1. The van der Waals surface area contributed by atoms with Gasteiger partial charge in [0.25, 0.3) is 0 Å². The van der Waals surface area contributed by atoms with Crippen LogP contribution in [0.15, 0.2) is 23.6 Å². The van der Waals surface area contributed by atoms with E-state index in [1.807, 2.05) is 0 Å². The number of nitrogens with zero attached hydrogens (tertiary/aromatic N) is 2. The average Bonchev–Trinajstić information content (AvgIpc) is 3.38. The van der Waals surface area contributed by atoms with Crippen molar-refractivity contribution in [3.05, 3.63) is 50.7 Å². The monoisotopic (exact) mass is 516 g/mol. The van der Waals surface area contributed by atoms with E-state index >= 15 is 0 Å². The van der Waals surface area contributed by atoms with Crippen LogP contribution in [0, 0.1) is 11.0 Å². The fourth-order valence-electron chi connectivity index (χ4n) is 3.51. The van der Waals surface area contributed by atoms with Crippen LogP contribution in [-0.2, 0) is 11.2 Å². The molecule has 0 aliphatic carbocycles. The Morgan fingerprint density at radius 1 is 1.29 bits per heavy atom. The van der Waals surface area contributed by atoms with Crippen molar-refractivity contribution in [3.8, 4) is 17.0 Å². The zero-order valence-electron chi connectivity index (χ0n) is 17.5. The Morgan fingerprint density at radius 3 is 2.71 bits per heavy atom. The second-order valence-electron chi connectivity index (χ2n) is 7.53. The minimum Gasteiger partial charge on any atom is -0.633 e. The van der Waals surface area contributed by atoms with Crippen LogP contribution in [0.4, 0.5) is 22.7 Å². The summed E-state index contributed by atoms with van der Waals surface area (Å²) in [5.41, 5.74) is 1.14. The third-order valence-electron chi connectivity index (χ3n) is 5.22. The van der Waals surface area contributed by atoms with E-state index in [2.05, 4.69) is 19.4 Å². The van der Waals surface area contributed by atoms with Gasteiger partial charge in [-0.15, -0.1) is 24.5 Å². The second kappa shape index (κ2) is 9.02. The molecule has 1 aliphatic heterocycles. The number of hydrogen-bond donors (Lipinski definition) is 2. The predicted molar refractivity (Wildman–Crippen MR) is 115 cm³/mol. The molecule has 0 spiro atoms. The zero-order chi connectivity index (χ0) is 24.8. The number of quaternary nitrogens is 1. The van der Waals surface area contributed by atoms with Gasteiger partial charge in [0.2, 0.25) is 11.7 Å². The van der Waals surface area contributed by atoms with Gasteiger partial charge in [-0.1, -0.05) is 0 Å². The summed E-state index contributed by atoms with van der Waals surface area (Å²) in [5, 5.41) is 16.2. The summed E-state index contributed by atoms with van der Waals surface area (Å²) in [5.74, 6) is -3.01. The minimum absolute atomic E-state index is 0.153. The highest BCUT2D eigenvalue weighted by Gasteiger charge is 2.39. The van der Waals surface area contributed by atoms with Crippen molar-refractivity contribution in [1.82, 2.24) is 9.36 Å². The highest BCUT2D eigenvalue weighted by atomic mass is 32.1. The van der Waals surface area contributed by atoms with Gasteiger partial charge < -0.3 is 20.3 Å². The lowest BCUT2D eigenvalue weighted by Gasteiger charge is -2.36. The largest absolute Gasteiger partial charge is 0.633 e. The number of alkyl halides is 3. The molecule has 2 aromatic heterocycles. The molecule has 1 aliphatic rings. The van der Waals surface area contributed by atoms with Crippen molar-refractivity contribution in [1.29, 1.82) is 0 Å². The van der Waals surface area contributed by atoms with Crippen molar-refractivity contribution < 1.29 is 37.0 Å². The van der Waals surface area contributed by atoms with Gasteiger partial charge in [0.1, 0.15) is 17.8 Å². The molecule has 8 nitrogen and oxygen atoms in total. The number of carbonyl (C=O) groups excluding carboxylic acids is 2. The van der Waals surface area contributed by atoms with Crippen molar-refractivity contribution in [3.63, 3.8) is 0 Å². The molecule has 0 saturated heterocycles. The van der Waals surface area contributed by atoms with Gasteiger partial charge in [-0.2, -0.15) is 4.37 Å². The topological polar surface area (TPSA) is 109 Å². The van der Waals surface area contributed by atoms with E-state index in [0.717, 1.165) is 35.0 Å². The number of carbonyl (C=O) groups is 2. The molecule has 180 valence electrons. The lowest BCUT2D eigenvalue weighted by atomic mass is 9.93. The maximum Gasteiger partial charge on any atom is 0.573 e. The van der Waals surface area contributed by atoms with Gasteiger partial charge >= 0.3 is 6.36 Å². The number of hydroxylamine groups is 2. The lowest BCUT2D eigenvalue weighted by Crippen LogP contribution is -3.13. The molecule has 1 amide bonds. The van der Waals surface area contributed by atoms with Crippen LogP contribution in [-0.4, -0.2) is 33.5 Å². The zero-order valence-corrected chi connectivity index (χ0v) is 19.2. The van der Waals surface area contributed by atoms with Crippen LogP contribution < -0.4 is 15.1 Å². The number of ether oxygens (including phenoxy) is 1. The number of benzene rings is 1. The summed E-state index contributed by atoms with van der Waals surface area (Å²) in [6.45, 7) is 3.21. The highest BCUT2D eigenvalue weighted by molar-refractivity contribution is 7.14. The van der Waals surface area contributed by atoms with Crippen molar-refractivity contribution in [2.45, 2.75) is 38.7 Å². The van der Waals surface area contributed by atoms with Gasteiger partial charge in [-0.25, -0.2) is 9.37 Å². The van der Waals surface area contributed by atoms with Crippen molar-refractivity contribution in [2.75, 3.05) is 5.32 Å². The van der Waals surface area contributed by atoms with Crippen LogP contribution in [0.25, 0.3) is 11.3 Å². The molecule has 1 aromatic carbocycles. The first kappa shape index (κ1) is 24.2. The first-order valence-corrected chi connectivity index (χ1v) is 11.5. The molecule has 3 aromatic rings. The Kier molecular flexibility index (Phi) is 6.42. The number of hydrogen-bond acceptors (Lipinski definition) is 8. The van der Waals surface area contributed by atoms with Crippen molar-refractivity contribution in [2.24, 2.45) is 0 Å². The lowest BCUT2D eigenvalue weighted by molar-refractivity contribution is -0.895. The Labute approximate surface area is 197 Å². The summed E-state index contributed by atoms with van der Waals surface area (Å²) >= 11 is 2.03. The number of halogens is 4. The smallest absolute Gasteiger partial charge is 0.573 e. The molecule has 0 radical (unpaired) electrons. The molecule has 0 fully saturated rings. The van der Waals surface area contributed by atoms with Crippen LogP contribution in [0.3, 0.4) is 0 Å². The van der Waals surface area contributed by atoms with Gasteiger partial charge in [-0.05, 0) is 43.6 Å². The maximum absolute atomic E-state index is 14.0. The number of anilines is 1. The minimum atomic E-state index is -5.02. The molecular weight excluding hydrogens is 500 g/mol. The first-order chi connectivity index (χ1) is 15.9. The summed E-state index contributed by atoms with van der Waals surface area (Å²) in [6, 6.07) is 1.58. The van der Waals surface area contributed by atoms with E-state index in [1.165, 1.54) is 18.4 Å². The van der Waals surface area contributed by atoms with E-state index in [4.69, 9.17) is 0 Å². The predicted octanol–water partition coefficient (Wildman–Crippen LogP) is 3.51. The number of fused-ring (bicyclic) bond motifs is 1. The molecule has 14 heteroatoms. The van der Waals surface area contributed by atoms with Gasteiger partial charge in [0.15, 0.2) is 16.7 Å². The standard InChI is InChI=1S/C20H16F4N4O4S2/c1-8-17-16(18(30)9(2)28(8)31)14(34-27-17)6-15(29)26-19-25-12(7-33-19)10-3-4-13(11(21)5-10)32-20(22,23)24/h3-5,7-9,28H,6H2,1-2H3,(H,25,26,29). The maximum atomic E-state index is 14.0. The Balaban J connectivity index is 1.46. The molecule has 0 saturated carbocycles. The molecule has 3 heterocycles. The number of nitrogens with one attached hydrogen (secondary N) is 2. The van der Waals surface area contributed by atoms with E-state index in [9.17, 15) is 32.4 Å². The Morgan fingerprint density at radius 2 is 2.03 bits per heavy atom. The fourth-order valence-corrected chi connectivity index (χ4v) is 5.20. The molecular formula is C20H16F4N4O4S2. The number of aromatic nitrogens is 2. The number of amides is 1. The van der Waals surface area contributed by atoms with E-state index in [-0.39, 0.29) is 33.7 Å². The van der Waals surface area contributed by atoms with Crippen LogP contribution >= 0.6 is 22.9 Å². The molecule has 3 unspecified atom stereocenters. The van der Waals surface area contributed by atoms with Crippen LogP contribution in [0.5, 0.6) is 5.75 Å². The summed E-state index contributed by atoms with van der Waals surface area (Å²) in [6.07, 6.45) is -5.17. The third kappa shape index (κ3) is 4.80. The van der Waals surface area contributed by atoms with E-state index < -0.39 is 35.9 Å². The number of rotatable bonds is 5. The molecule has 4 rings (SSSR count). The van der Waals surface area contributed by atoms with Crippen molar-refractivity contribution >= 4 is 39.7 Å². The third-order valence-corrected chi connectivity index (χ3v) is 6.83. The fraction of sp³-hybridized carbons (Fsp3) is 0.300. The van der Waals surface area contributed by atoms with Gasteiger partial charge in [0.05, 0.1) is 17.7 Å². The number of ketones is 1. The van der Waals surface area contributed by atoms with Crippen LogP contribution in [0.1, 0.15) is 40.8 Å². The van der Waals surface area contributed by atoms with Gasteiger partial charge in [0, 0.05) is 15.8 Å². The Bertz CT molecular complexity index is 1260. The SMILES string of the molecule is CC1C(=O)c2c(nsc2CC(=O)Nc2nc(-c3ccc(OC(F)(F)F)c(F)c3)cs2)C(C)[NH+]1[O-]. The summed E-state index contributed by atoms with van der Waals surface area (Å²) < 4.78 is 58.7. The molecule has 34 heavy (non-hydrogen) atoms. The summed E-state index contributed by atoms with van der Waals surface area (Å²) in [7, 11) is 0. The Hall–Kier alpha value is -2.94. The highest BCUT2D eigenvalue weighted by Crippen LogP contribution is 2.32. The molecule has 0 bridgehead atoms. The van der Waals surface area contributed by atoms with E-state index in [0.29, 0.717) is 16.1 Å².